The Kier molecular flexibility index (Phi) is 6.91. The van der Waals surface area contributed by atoms with E-state index in [0.717, 1.165) is 12.1 Å². The second kappa shape index (κ2) is 10.3. The number of ether oxygens (including phenoxy) is 3. The lowest BCUT2D eigenvalue weighted by Gasteiger charge is -2.36. The minimum atomic E-state index is -4.53. The number of amides is 2. The number of aromatic nitrogens is 3. The Balaban J connectivity index is 1.25. The zero-order valence-electron chi connectivity index (χ0n) is 22.1. The predicted molar refractivity (Wildman–Crippen MR) is 144 cm³/mol. The standard InChI is InChI=1S/C27H26ClF3N6O4/c1-26(2)40-14-18(41-26)13-39-21-6-8-32-24(33-21)35-25(38)37-17-7-9-36(12-17)20-11-19(28)22(34-23(20)37)15-4-3-5-16(10-15)27(29,30)31/h3-6,8,10-11,17-18H,7,9,12-14H2,1-2H3,(H,32,33,35,38)/t17-,18?/m0/s1. The van der Waals surface area contributed by atoms with E-state index >= 15 is 0 Å². The molecule has 1 N–H and O–H groups in total. The third kappa shape index (κ3) is 5.61. The molecular weight excluding hydrogens is 565 g/mol. The quantitative estimate of drug-likeness (QED) is 0.423. The van der Waals surface area contributed by atoms with Crippen molar-refractivity contribution in [3.05, 3.63) is 53.2 Å². The number of anilines is 3. The molecule has 5 heterocycles. The molecule has 3 aliphatic rings. The molecule has 2 atom stereocenters. The van der Waals surface area contributed by atoms with Gasteiger partial charge in [-0.1, -0.05) is 23.7 Å². The van der Waals surface area contributed by atoms with E-state index in [0.29, 0.717) is 37.6 Å². The second-order valence-electron chi connectivity index (χ2n) is 10.4. The average Bonchev–Trinajstić information content (AvgIpc) is 3.50. The summed E-state index contributed by atoms with van der Waals surface area (Å²) in [7, 11) is 0. The average molecular weight is 591 g/mol. The van der Waals surface area contributed by atoms with Crippen LogP contribution in [0, 0.1) is 0 Å². The molecule has 0 saturated carbocycles. The SMILES string of the molecule is CC1(C)OCC(COc2ccnc(NC(=O)N3c4nc(-c5cccc(C(F)(F)F)c5)c(Cl)cc4N4CC[C@H]3C4)n2)O1. The maximum absolute atomic E-state index is 13.6. The molecule has 2 saturated heterocycles. The highest BCUT2D eigenvalue weighted by Crippen LogP contribution is 2.43. The molecule has 14 heteroatoms. The number of pyridine rings is 1. The van der Waals surface area contributed by atoms with Gasteiger partial charge in [0.2, 0.25) is 11.8 Å². The summed E-state index contributed by atoms with van der Waals surface area (Å²) in [5.41, 5.74) is 0.132. The number of carbonyl (C=O) groups is 1. The van der Waals surface area contributed by atoms with Crippen LogP contribution in [0.2, 0.25) is 5.02 Å². The minimum Gasteiger partial charge on any atom is -0.475 e. The summed E-state index contributed by atoms with van der Waals surface area (Å²) in [6.45, 7) is 5.46. The number of hydrogen-bond acceptors (Lipinski definition) is 8. The molecule has 41 heavy (non-hydrogen) atoms. The highest BCUT2D eigenvalue weighted by atomic mass is 35.5. The van der Waals surface area contributed by atoms with E-state index in [2.05, 4.69) is 25.2 Å². The summed E-state index contributed by atoms with van der Waals surface area (Å²) in [6.07, 6.45) is -2.67. The first-order valence-electron chi connectivity index (χ1n) is 13.0. The molecule has 1 unspecified atom stereocenters. The Bertz CT molecular complexity index is 1490. The number of rotatable bonds is 5. The smallest absolute Gasteiger partial charge is 0.416 e. The molecule has 3 aromatic rings. The van der Waals surface area contributed by atoms with Gasteiger partial charge >= 0.3 is 12.2 Å². The lowest BCUT2D eigenvalue weighted by Crippen LogP contribution is -2.48. The number of fused-ring (bicyclic) bond motifs is 4. The lowest BCUT2D eigenvalue weighted by molar-refractivity contribution is -0.141. The zero-order valence-corrected chi connectivity index (χ0v) is 22.9. The van der Waals surface area contributed by atoms with Crippen molar-refractivity contribution < 1.29 is 32.2 Å². The fourth-order valence-corrected chi connectivity index (χ4v) is 5.45. The molecule has 216 valence electrons. The zero-order chi connectivity index (χ0) is 28.9. The van der Waals surface area contributed by atoms with E-state index in [4.69, 9.17) is 25.8 Å². The van der Waals surface area contributed by atoms with Crippen molar-refractivity contribution in [1.29, 1.82) is 0 Å². The van der Waals surface area contributed by atoms with Gasteiger partial charge in [0.15, 0.2) is 11.6 Å². The van der Waals surface area contributed by atoms with Crippen LogP contribution < -0.4 is 19.9 Å². The third-order valence-corrected chi connectivity index (χ3v) is 7.34. The van der Waals surface area contributed by atoms with Crippen molar-refractivity contribution >= 4 is 35.1 Å². The van der Waals surface area contributed by atoms with Crippen molar-refractivity contribution in [2.45, 2.75) is 44.4 Å². The van der Waals surface area contributed by atoms with Crippen LogP contribution in [0.4, 0.5) is 35.4 Å². The Morgan fingerprint density at radius 3 is 2.83 bits per heavy atom. The Labute approximate surface area is 238 Å². The fourth-order valence-electron chi connectivity index (χ4n) is 5.19. The topological polar surface area (TPSA) is 102 Å². The van der Waals surface area contributed by atoms with E-state index in [9.17, 15) is 18.0 Å². The summed E-state index contributed by atoms with van der Waals surface area (Å²) >= 11 is 6.52. The Morgan fingerprint density at radius 1 is 1.24 bits per heavy atom. The van der Waals surface area contributed by atoms with Gasteiger partial charge in [0.05, 0.1) is 34.6 Å². The molecule has 6 rings (SSSR count). The van der Waals surface area contributed by atoms with Gasteiger partial charge in [-0.3, -0.25) is 10.2 Å². The van der Waals surface area contributed by atoms with Crippen molar-refractivity contribution in [1.82, 2.24) is 15.0 Å². The van der Waals surface area contributed by atoms with E-state index in [1.54, 1.807) is 12.1 Å². The van der Waals surface area contributed by atoms with Crippen LogP contribution in [0.5, 0.6) is 5.88 Å². The van der Waals surface area contributed by atoms with E-state index < -0.39 is 23.6 Å². The van der Waals surface area contributed by atoms with Gasteiger partial charge < -0.3 is 19.1 Å². The summed E-state index contributed by atoms with van der Waals surface area (Å²) in [5.74, 6) is -0.128. The Hall–Kier alpha value is -3.68. The van der Waals surface area contributed by atoms with Gasteiger partial charge in [-0.05, 0) is 38.5 Å². The first-order chi connectivity index (χ1) is 19.5. The van der Waals surface area contributed by atoms with Crippen LogP contribution in [0.3, 0.4) is 0 Å². The minimum absolute atomic E-state index is 0.0189. The van der Waals surface area contributed by atoms with Crippen molar-refractivity contribution in [3.63, 3.8) is 0 Å². The number of hydrogen-bond donors (Lipinski definition) is 1. The first-order valence-corrected chi connectivity index (χ1v) is 13.4. The molecule has 2 aromatic heterocycles. The van der Waals surface area contributed by atoms with Gasteiger partial charge in [-0.15, -0.1) is 0 Å². The number of nitrogens with one attached hydrogen (secondary N) is 1. The maximum atomic E-state index is 13.6. The number of alkyl halides is 3. The Morgan fingerprint density at radius 2 is 2.07 bits per heavy atom. The van der Waals surface area contributed by atoms with E-state index in [1.165, 1.54) is 23.2 Å². The molecule has 1 aromatic carbocycles. The summed E-state index contributed by atoms with van der Waals surface area (Å²) < 4.78 is 57.1. The van der Waals surface area contributed by atoms with Crippen molar-refractivity contribution in [2.75, 3.05) is 41.4 Å². The van der Waals surface area contributed by atoms with Gasteiger partial charge in [-0.2, -0.15) is 18.2 Å². The van der Waals surface area contributed by atoms with E-state index in [1.807, 2.05) is 13.8 Å². The van der Waals surface area contributed by atoms with Crippen LogP contribution in [0.25, 0.3) is 11.3 Å². The van der Waals surface area contributed by atoms with Crippen LogP contribution in [0.15, 0.2) is 42.6 Å². The monoisotopic (exact) mass is 590 g/mol. The molecule has 2 amide bonds. The molecule has 2 bridgehead atoms. The lowest BCUT2D eigenvalue weighted by atomic mass is 10.1. The van der Waals surface area contributed by atoms with Crippen LogP contribution in [0.1, 0.15) is 25.8 Å². The number of urea groups is 1. The summed E-state index contributed by atoms with van der Waals surface area (Å²) in [6, 6.07) is 7.23. The molecule has 0 radical (unpaired) electrons. The summed E-state index contributed by atoms with van der Waals surface area (Å²) in [4.78, 5) is 30.2. The van der Waals surface area contributed by atoms with Gasteiger partial charge in [0, 0.05) is 30.9 Å². The number of carbonyl (C=O) groups excluding carboxylic acids is 1. The van der Waals surface area contributed by atoms with Crippen molar-refractivity contribution in [3.8, 4) is 17.1 Å². The normalized spacial score (nSPS) is 21.1. The molecule has 0 aliphatic carbocycles. The highest BCUT2D eigenvalue weighted by molar-refractivity contribution is 6.33. The number of halogens is 4. The molecule has 10 nitrogen and oxygen atoms in total. The second-order valence-corrected chi connectivity index (χ2v) is 10.8. The highest BCUT2D eigenvalue weighted by Gasteiger charge is 2.41. The summed E-state index contributed by atoms with van der Waals surface area (Å²) in [5, 5.41) is 2.89. The van der Waals surface area contributed by atoms with Crippen LogP contribution in [-0.2, 0) is 15.7 Å². The van der Waals surface area contributed by atoms with Gasteiger partial charge in [0.1, 0.15) is 12.7 Å². The largest absolute Gasteiger partial charge is 0.475 e. The van der Waals surface area contributed by atoms with Gasteiger partial charge in [0.25, 0.3) is 0 Å². The van der Waals surface area contributed by atoms with Gasteiger partial charge in [-0.25, -0.2) is 14.8 Å². The molecule has 0 spiro atoms. The first kappa shape index (κ1) is 27.5. The predicted octanol–water partition coefficient (Wildman–Crippen LogP) is 5.37. The number of nitrogens with zero attached hydrogens (tertiary/aromatic N) is 5. The molecule has 2 fully saturated rings. The molecule has 3 aliphatic heterocycles. The number of benzene rings is 1. The van der Waals surface area contributed by atoms with E-state index in [-0.39, 0.29) is 46.9 Å². The third-order valence-electron chi connectivity index (χ3n) is 7.05. The van der Waals surface area contributed by atoms with Crippen molar-refractivity contribution in [2.24, 2.45) is 0 Å². The molecular formula is C27H26ClF3N6O4. The van der Waals surface area contributed by atoms with Crippen LogP contribution >= 0.6 is 11.6 Å². The fraction of sp³-hybridized carbons (Fsp3) is 0.407. The maximum Gasteiger partial charge on any atom is 0.416 e. The van der Waals surface area contributed by atoms with Crippen LogP contribution in [-0.4, -0.2) is 65.2 Å².